The van der Waals surface area contributed by atoms with Gasteiger partial charge in [-0.25, -0.2) is 10.1 Å². The molecule has 39 heavy (non-hydrogen) atoms. The summed E-state index contributed by atoms with van der Waals surface area (Å²) in [6.45, 7) is 9.52. The molecule has 1 unspecified atom stereocenters. The van der Waals surface area contributed by atoms with E-state index in [2.05, 4.69) is 51.5 Å². The van der Waals surface area contributed by atoms with Gasteiger partial charge in [-0.15, -0.1) is 0 Å². The second kappa shape index (κ2) is 12.3. The number of H-pyrrole nitrogens is 1. The molecule has 3 heterocycles. The molecule has 0 radical (unpaired) electrons. The molecule has 2 aromatic heterocycles. The first-order valence-electron chi connectivity index (χ1n) is 13.5. The van der Waals surface area contributed by atoms with E-state index in [4.69, 9.17) is 5.73 Å². The van der Waals surface area contributed by atoms with Crippen molar-refractivity contribution in [1.82, 2.24) is 20.5 Å². The van der Waals surface area contributed by atoms with Gasteiger partial charge in [-0.1, -0.05) is 32.9 Å². The second-order valence-electron chi connectivity index (χ2n) is 11.1. The van der Waals surface area contributed by atoms with E-state index in [1.54, 1.807) is 6.20 Å². The van der Waals surface area contributed by atoms with Gasteiger partial charge in [-0.3, -0.25) is 9.59 Å². The van der Waals surface area contributed by atoms with Crippen LogP contribution in [0.5, 0.6) is 0 Å². The first-order chi connectivity index (χ1) is 18.6. The molecule has 208 valence electrons. The molecule has 0 saturated carbocycles. The molecule has 1 atom stereocenters. The van der Waals surface area contributed by atoms with Gasteiger partial charge in [0.05, 0.1) is 11.9 Å². The first-order valence-corrected chi connectivity index (χ1v) is 13.5. The summed E-state index contributed by atoms with van der Waals surface area (Å²) in [7, 11) is 1.97. The average Bonchev–Trinajstić information content (AvgIpc) is 2.93. The van der Waals surface area contributed by atoms with Crippen LogP contribution < -0.4 is 31.7 Å². The van der Waals surface area contributed by atoms with Gasteiger partial charge in [0.1, 0.15) is 11.6 Å². The van der Waals surface area contributed by atoms with Crippen LogP contribution >= 0.6 is 0 Å². The Morgan fingerprint density at radius 3 is 2.64 bits per heavy atom. The Hall–Kier alpha value is -3.92. The molecular weight excluding hydrogens is 492 g/mol. The van der Waals surface area contributed by atoms with E-state index in [1.165, 1.54) is 5.56 Å². The molecule has 4 rings (SSSR count). The Morgan fingerprint density at radius 1 is 1.21 bits per heavy atom. The average molecular weight is 533 g/mol. The summed E-state index contributed by atoms with van der Waals surface area (Å²) >= 11 is 0. The fraction of sp³-hybridized carbons (Fsp3) is 0.448. The summed E-state index contributed by atoms with van der Waals surface area (Å²) in [6.07, 6.45) is 3.58. The number of carbonyl (C=O) groups excluding carboxylic acids is 1. The number of piperidine rings is 1. The van der Waals surface area contributed by atoms with Crippen LogP contribution in [0.3, 0.4) is 0 Å². The molecule has 1 fully saturated rings. The molecule has 0 aliphatic carbocycles. The minimum Gasteiger partial charge on any atom is -0.372 e. The molecular formula is C29H40N8O2. The van der Waals surface area contributed by atoms with Crippen molar-refractivity contribution < 1.29 is 4.79 Å². The number of pyridine rings is 1. The number of benzene rings is 1. The second-order valence-corrected chi connectivity index (χ2v) is 11.1. The first kappa shape index (κ1) is 28.1. The highest BCUT2D eigenvalue weighted by Gasteiger charge is 2.24. The number of aromatic nitrogens is 3. The maximum Gasteiger partial charge on any atom is 0.269 e. The normalized spacial score (nSPS) is 15.6. The van der Waals surface area contributed by atoms with Crippen molar-refractivity contribution in [2.24, 2.45) is 5.73 Å². The lowest BCUT2D eigenvalue weighted by Gasteiger charge is -2.34. The van der Waals surface area contributed by atoms with Crippen molar-refractivity contribution in [3.8, 4) is 0 Å². The predicted molar refractivity (Wildman–Crippen MR) is 157 cm³/mol. The standard InChI is InChI=1S/C29H40N8O2/c1-29(2,3)22-9-7-20(8-10-22)27(38)33-23-6-5-14-37(19-23)26-16-21(28(39)35-34-26)17-31-25-12-11-24(18-32-25)36(4)15-13-30/h7-12,16,18,23H,5-6,13-15,17,19,30H2,1-4H3,(H,31,32)(H,33,38)(H,35,39). The molecule has 3 aromatic rings. The number of hydrogen-bond acceptors (Lipinski definition) is 8. The zero-order valence-corrected chi connectivity index (χ0v) is 23.3. The minimum atomic E-state index is -0.244. The summed E-state index contributed by atoms with van der Waals surface area (Å²) in [5.41, 5.74) is 8.81. The van der Waals surface area contributed by atoms with Gasteiger partial charge in [0.25, 0.3) is 11.5 Å². The number of rotatable bonds is 9. The Labute approximate surface area is 230 Å². The number of carbonyl (C=O) groups is 1. The third-order valence-corrected chi connectivity index (χ3v) is 7.07. The molecule has 10 nitrogen and oxygen atoms in total. The number of amides is 1. The van der Waals surface area contributed by atoms with Crippen molar-refractivity contribution in [2.45, 2.75) is 51.6 Å². The largest absolute Gasteiger partial charge is 0.372 e. The van der Waals surface area contributed by atoms with Gasteiger partial charge in [0.15, 0.2) is 0 Å². The van der Waals surface area contributed by atoms with E-state index in [0.717, 1.165) is 31.6 Å². The smallest absolute Gasteiger partial charge is 0.269 e. The van der Waals surface area contributed by atoms with Crippen LogP contribution in [-0.2, 0) is 12.0 Å². The van der Waals surface area contributed by atoms with Crippen LogP contribution in [-0.4, -0.2) is 60.4 Å². The highest BCUT2D eigenvalue weighted by atomic mass is 16.1. The molecule has 5 N–H and O–H groups in total. The van der Waals surface area contributed by atoms with Gasteiger partial charge >= 0.3 is 0 Å². The van der Waals surface area contributed by atoms with Gasteiger partial charge < -0.3 is 26.2 Å². The maximum atomic E-state index is 12.9. The summed E-state index contributed by atoms with van der Waals surface area (Å²) in [4.78, 5) is 34.0. The topological polar surface area (TPSA) is 132 Å². The Morgan fingerprint density at radius 2 is 1.97 bits per heavy atom. The van der Waals surface area contributed by atoms with Crippen LogP contribution in [0, 0.1) is 0 Å². The number of nitrogens with two attached hydrogens (primary N) is 1. The van der Waals surface area contributed by atoms with Crippen LogP contribution in [0.1, 0.15) is 55.1 Å². The molecule has 1 aliphatic heterocycles. The molecule has 1 amide bonds. The molecule has 1 aromatic carbocycles. The van der Waals surface area contributed by atoms with E-state index in [9.17, 15) is 9.59 Å². The van der Waals surface area contributed by atoms with Gasteiger partial charge in [-0.05, 0) is 54.2 Å². The van der Waals surface area contributed by atoms with E-state index < -0.39 is 0 Å². The number of likely N-dealkylation sites (N-methyl/N-ethyl adjacent to an activating group) is 1. The third kappa shape index (κ3) is 7.35. The zero-order chi connectivity index (χ0) is 28.0. The summed E-state index contributed by atoms with van der Waals surface area (Å²) in [5.74, 6) is 1.29. The maximum absolute atomic E-state index is 12.9. The van der Waals surface area contributed by atoms with Crippen molar-refractivity contribution in [2.75, 3.05) is 48.3 Å². The van der Waals surface area contributed by atoms with Gasteiger partial charge in [-0.2, -0.15) is 5.10 Å². The van der Waals surface area contributed by atoms with Gasteiger partial charge in [0.2, 0.25) is 0 Å². The molecule has 1 saturated heterocycles. The fourth-order valence-corrected chi connectivity index (χ4v) is 4.65. The lowest BCUT2D eigenvalue weighted by molar-refractivity contribution is 0.0933. The van der Waals surface area contributed by atoms with Crippen LogP contribution in [0.15, 0.2) is 53.5 Å². The van der Waals surface area contributed by atoms with Crippen molar-refractivity contribution in [3.05, 3.63) is 75.7 Å². The Bertz CT molecular complexity index is 1300. The number of aromatic amines is 1. The quantitative estimate of drug-likeness (QED) is 0.331. The lowest BCUT2D eigenvalue weighted by Crippen LogP contribution is -2.48. The van der Waals surface area contributed by atoms with Crippen molar-refractivity contribution >= 4 is 23.2 Å². The third-order valence-electron chi connectivity index (χ3n) is 7.07. The zero-order valence-electron chi connectivity index (χ0n) is 23.3. The van der Waals surface area contributed by atoms with E-state index in [1.807, 2.05) is 54.4 Å². The molecule has 0 spiro atoms. The minimum absolute atomic E-state index is 0.0102. The number of hydrogen-bond donors (Lipinski definition) is 4. The van der Waals surface area contributed by atoms with E-state index >= 15 is 0 Å². The highest BCUT2D eigenvalue weighted by Crippen LogP contribution is 2.23. The molecule has 10 heteroatoms. The fourth-order valence-electron chi connectivity index (χ4n) is 4.65. The number of nitrogens with one attached hydrogen (secondary N) is 3. The molecule has 1 aliphatic rings. The summed E-state index contributed by atoms with van der Waals surface area (Å²) in [5, 5.41) is 13.3. The number of nitrogens with zero attached hydrogens (tertiary/aromatic N) is 4. The van der Waals surface area contributed by atoms with Crippen LogP contribution in [0.2, 0.25) is 0 Å². The Balaban J connectivity index is 1.36. The molecule has 0 bridgehead atoms. The van der Waals surface area contributed by atoms with Crippen LogP contribution in [0.25, 0.3) is 0 Å². The summed E-state index contributed by atoms with van der Waals surface area (Å²) in [6, 6.07) is 13.5. The van der Waals surface area contributed by atoms with Crippen LogP contribution in [0.4, 0.5) is 17.3 Å². The number of anilines is 3. The Kier molecular flexibility index (Phi) is 8.86. The van der Waals surface area contributed by atoms with E-state index in [-0.39, 0.29) is 22.9 Å². The monoisotopic (exact) mass is 532 g/mol. The van der Waals surface area contributed by atoms with E-state index in [0.29, 0.717) is 42.4 Å². The highest BCUT2D eigenvalue weighted by molar-refractivity contribution is 5.94. The van der Waals surface area contributed by atoms with Crippen molar-refractivity contribution in [3.63, 3.8) is 0 Å². The predicted octanol–water partition coefficient (Wildman–Crippen LogP) is 2.87. The van der Waals surface area contributed by atoms with Gasteiger partial charge in [0, 0.05) is 56.9 Å². The lowest BCUT2D eigenvalue weighted by atomic mass is 9.86. The van der Waals surface area contributed by atoms with Crippen molar-refractivity contribution in [1.29, 1.82) is 0 Å². The summed E-state index contributed by atoms with van der Waals surface area (Å²) < 4.78 is 0. The SMILES string of the molecule is CN(CCN)c1ccc(NCc2cc(N3CCCC(NC(=O)c4ccc(C(C)(C)C)cc4)C3)n[nH]c2=O)nc1.